The number of rotatable bonds is 3. The summed E-state index contributed by atoms with van der Waals surface area (Å²) in [5, 5.41) is 6.16. The van der Waals surface area contributed by atoms with Gasteiger partial charge in [-0.05, 0) is 30.9 Å². The van der Waals surface area contributed by atoms with Crippen LogP contribution in [0.1, 0.15) is 39.0 Å². The molecule has 3 heterocycles. The maximum atomic E-state index is 12.5. The number of hydrogen-bond donors (Lipinski definition) is 1. The van der Waals surface area contributed by atoms with Gasteiger partial charge >= 0.3 is 0 Å². The molecule has 5 rings (SSSR count). The number of nitrogens with zero attached hydrogens (tertiary/aromatic N) is 4. The highest BCUT2D eigenvalue weighted by molar-refractivity contribution is 7.10. The third-order valence-corrected chi connectivity index (χ3v) is 6.04. The lowest BCUT2D eigenvalue weighted by Crippen LogP contribution is -2.20. The molecular weight excluding hydrogens is 370 g/mol. The van der Waals surface area contributed by atoms with E-state index in [-0.39, 0.29) is 11.7 Å². The summed E-state index contributed by atoms with van der Waals surface area (Å²) in [5.41, 5.74) is 3.15. The van der Waals surface area contributed by atoms with Crippen molar-refractivity contribution in [2.75, 3.05) is 5.32 Å². The van der Waals surface area contributed by atoms with Crippen LogP contribution in [0.3, 0.4) is 0 Å². The van der Waals surface area contributed by atoms with Gasteiger partial charge in [0.25, 0.3) is 0 Å². The first-order valence-corrected chi connectivity index (χ1v) is 9.98. The predicted molar refractivity (Wildman–Crippen MR) is 109 cm³/mol. The van der Waals surface area contributed by atoms with E-state index in [1.807, 2.05) is 42.6 Å². The molecule has 0 spiro atoms. The fourth-order valence-corrected chi connectivity index (χ4v) is 4.45. The highest BCUT2D eigenvalue weighted by Crippen LogP contribution is 2.34. The van der Waals surface area contributed by atoms with Crippen LogP contribution in [0.2, 0.25) is 0 Å². The summed E-state index contributed by atoms with van der Waals surface area (Å²) in [5.74, 6) is 1.15. The zero-order valence-electron chi connectivity index (χ0n) is 15.2. The third kappa shape index (κ3) is 3.03. The quantitative estimate of drug-likeness (QED) is 0.559. The zero-order valence-corrected chi connectivity index (χ0v) is 16.0. The zero-order chi connectivity index (χ0) is 19.1. The minimum atomic E-state index is 0.101. The highest BCUT2D eigenvalue weighted by Gasteiger charge is 2.28. The molecule has 0 radical (unpaired) electrons. The molecule has 1 aliphatic carbocycles. The van der Waals surface area contributed by atoms with Gasteiger partial charge < -0.3 is 0 Å². The van der Waals surface area contributed by atoms with Crippen molar-refractivity contribution in [3.8, 4) is 0 Å². The van der Waals surface area contributed by atoms with E-state index >= 15 is 0 Å². The Hall–Kier alpha value is -3.19. The van der Waals surface area contributed by atoms with E-state index in [0.29, 0.717) is 23.9 Å². The summed E-state index contributed by atoms with van der Waals surface area (Å²) < 4.78 is 0. The number of aromatic nitrogens is 4. The number of nitrogens with one attached hydrogen (secondary N) is 1. The average Bonchev–Trinajstić information content (AvgIpc) is 3.23. The molecule has 3 aromatic heterocycles. The monoisotopic (exact) mass is 387 g/mol. The van der Waals surface area contributed by atoms with Crippen LogP contribution in [0, 0.1) is 6.92 Å². The number of aryl methyl sites for hydroxylation is 1. The van der Waals surface area contributed by atoms with Gasteiger partial charge in [0.05, 0.1) is 22.5 Å². The van der Waals surface area contributed by atoms with Gasteiger partial charge in [-0.25, -0.2) is 19.9 Å². The molecule has 1 aliphatic rings. The first-order valence-electron chi connectivity index (χ1n) is 9.10. The van der Waals surface area contributed by atoms with Crippen LogP contribution in [-0.2, 0) is 6.42 Å². The fraction of sp³-hybridized carbons (Fsp3) is 0.190. The normalized spacial score (nSPS) is 16.2. The number of fused-ring (bicyclic) bond motifs is 2. The van der Waals surface area contributed by atoms with E-state index in [9.17, 15) is 4.79 Å². The Morgan fingerprint density at radius 2 is 1.93 bits per heavy atom. The van der Waals surface area contributed by atoms with Gasteiger partial charge in [-0.3, -0.25) is 10.1 Å². The number of anilines is 2. The Kier molecular flexibility index (Phi) is 4.09. The van der Waals surface area contributed by atoms with Crippen molar-refractivity contribution in [1.29, 1.82) is 0 Å². The molecule has 1 atom stereocenters. The van der Waals surface area contributed by atoms with Crippen molar-refractivity contribution in [3.05, 3.63) is 69.8 Å². The van der Waals surface area contributed by atoms with Gasteiger partial charge in [0.15, 0.2) is 5.78 Å². The first kappa shape index (κ1) is 16.9. The van der Waals surface area contributed by atoms with Gasteiger partial charge in [0.1, 0.15) is 0 Å². The van der Waals surface area contributed by atoms with Crippen LogP contribution in [-0.4, -0.2) is 25.7 Å². The van der Waals surface area contributed by atoms with Gasteiger partial charge in [-0.1, -0.05) is 24.3 Å². The van der Waals surface area contributed by atoms with Crippen molar-refractivity contribution in [2.45, 2.75) is 25.7 Å². The van der Waals surface area contributed by atoms with E-state index in [2.05, 4.69) is 31.3 Å². The fourth-order valence-electron chi connectivity index (χ4n) is 3.62. The lowest BCUT2D eigenvalue weighted by Gasteiger charge is -2.22. The molecule has 4 aromatic rings. The molecule has 1 unspecified atom stereocenters. The summed E-state index contributed by atoms with van der Waals surface area (Å²) in [6.07, 6.45) is 2.86. The number of Topliss-reactive ketones (excluding diaryl/α,β-unsaturated/α-hetero) is 1. The number of para-hydroxylation sites is 1. The van der Waals surface area contributed by atoms with E-state index < -0.39 is 0 Å². The van der Waals surface area contributed by atoms with Crippen LogP contribution in [0.5, 0.6) is 0 Å². The number of thiophene rings is 1. The van der Waals surface area contributed by atoms with E-state index in [1.165, 1.54) is 4.88 Å². The summed E-state index contributed by atoms with van der Waals surface area (Å²) >= 11 is 1.68. The van der Waals surface area contributed by atoms with Crippen molar-refractivity contribution in [1.82, 2.24) is 19.9 Å². The number of benzene rings is 1. The van der Waals surface area contributed by atoms with Gasteiger partial charge in [0.2, 0.25) is 11.9 Å². The average molecular weight is 387 g/mol. The van der Waals surface area contributed by atoms with Crippen molar-refractivity contribution >= 4 is 39.9 Å². The maximum absolute atomic E-state index is 12.5. The van der Waals surface area contributed by atoms with Crippen LogP contribution in [0.4, 0.5) is 11.9 Å². The lowest BCUT2D eigenvalue weighted by molar-refractivity contribution is 0.0963. The Balaban J connectivity index is 1.46. The van der Waals surface area contributed by atoms with E-state index in [4.69, 9.17) is 0 Å². The Morgan fingerprint density at radius 3 is 2.79 bits per heavy atom. The molecule has 0 saturated heterocycles. The Labute approximate surface area is 165 Å². The molecule has 138 valence electrons. The first-order chi connectivity index (χ1) is 13.7. The second-order valence-corrected chi connectivity index (χ2v) is 7.85. The van der Waals surface area contributed by atoms with Crippen molar-refractivity contribution in [2.24, 2.45) is 0 Å². The molecule has 0 amide bonds. The summed E-state index contributed by atoms with van der Waals surface area (Å²) in [6, 6.07) is 12.0. The molecule has 1 aromatic carbocycles. The number of hydrogen-bond acceptors (Lipinski definition) is 7. The maximum Gasteiger partial charge on any atom is 0.230 e. The second kappa shape index (κ2) is 6.76. The van der Waals surface area contributed by atoms with Crippen molar-refractivity contribution in [3.63, 3.8) is 0 Å². The minimum absolute atomic E-state index is 0.101. The van der Waals surface area contributed by atoms with E-state index in [0.717, 1.165) is 28.7 Å². The van der Waals surface area contributed by atoms with Crippen LogP contribution >= 0.6 is 11.3 Å². The van der Waals surface area contributed by atoms with Crippen LogP contribution in [0.15, 0.2) is 48.0 Å². The molecule has 0 bridgehead atoms. The summed E-state index contributed by atoms with van der Waals surface area (Å²) in [7, 11) is 0. The van der Waals surface area contributed by atoms with Crippen molar-refractivity contribution < 1.29 is 4.79 Å². The Bertz CT molecular complexity index is 1190. The van der Waals surface area contributed by atoms with Gasteiger partial charge in [-0.2, -0.15) is 0 Å². The smallest absolute Gasteiger partial charge is 0.230 e. The second-order valence-electron chi connectivity index (χ2n) is 6.87. The lowest BCUT2D eigenvalue weighted by atomic mass is 9.86. The van der Waals surface area contributed by atoms with Gasteiger partial charge in [0, 0.05) is 28.8 Å². The van der Waals surface area contributed by atoms with Crippen LogP contribution < -0.4 is 5.32 Å². The summed E-state index contributed by atoms with van der Waals surface area (Å²) in [4.78, 5) is 31.7. The van der Waals surface area contributed by atoms with Gasteiger partial charge in [-0.15, -0.1) is 11.3 Å². The van der Waals surface area contributed by atoms with Crippen LogP contribution in [0.25, 0.3) is 10.9 Å². The highest BCUT2D eigenvalue weighted by atomic mass is 32.1. The predicted octanol–water partition coefficient (Wildman–Crippen LogP) is 4.45. The Morgan fingerprint density at radius 1 is 1.04 bits per heavy atom. The SMILES string of the molecule is Cc1nc(Nc2ncc3c(n2)CC(c2cccs2)CC3=O)nc2ccccc12. The molecule has 7 heteroatoms. The molecule has 6 nitrogen and oxygen atoms in total. The molecule has 0 aliphatic heterocycles. The molecule has 28 heavy (non-hydrogen) atoms. The number of carbonyl (C=O) groups is 1. The molecule has 0 fully saturated rings. The summed E-state index contributed by atoms with van der Waals surface area (Å²) in [6.45, 7) is 1.95. The minimum Gasteiger partial charge on any atom is -0.294 e. The third-order valence-electron chi connectivity index (χ3n) is 5.00. The standard InChI is InChI=1S/C21H17N5OS/c1-12-14-5-2-3-6-16(14)24-21(23-12)26-20-22-11-15-17(25-20)9-13(10-18(15)27)19-7-4-8-28-19/h2-8,11,13H,9-10H2,1H3,(H,22,23,24,25,26). The molecule has 0 saturated carbocycles. The number of ketones is 1. The molecule has 1 N–H and O–H groups in total. The topological polar surface area (TPSA) is 80.7 Å². The van der Waals surface area contributed by atoms with E-state index in [1.54, 1.807) is 17.5 Å². The largest absolute Gasteiger partial charge is 0.294 e. The molecular formula is C21H17N5OS. The number of carbonyl (C=O) groups excluding carboxylic acids is 1.